The standard InChI is InChI=1S/C19H25N3O3/c1-23-16-4-6-17(7-5-16)24-15-3-12-22-13-8-18(9-14-22)25-19-20-10-2-11-21-19/h2,4-7,10-11,18H,3,8-9,12-15H2,1H3. The fourth-order valence-corrected chi connectivity index (χ4v) is 2.90. The number of methoxy groups -OCH3 is 1. The molecule has 6 nitrogen and oxygen atoms in total. The second-order valence-corrected chi connectivity index (χ2v) is 6.07. The number of nitrogens with zero attached hydrogens (tertiary/aromatic N) is 3. The van der Waals surface area contributed by atoms with E-state index in [0.717, 1.165) is 57.0 Å². The molecule has 0 amide bonds. The Bertz CT molecular complexity index is 614. The first kappa shape index (κ1) is 17.5. The molecule has 0 radical (unpaired) electrons. The largest absolute Gasteiger partial charge is 0.497 e. The second-order valence-electron chi connectivity index (χ2n) is 6.07. The summed E-state index contributed by atoms with van der Waals surface area (Å²) in [6.07, 6.45) is 6.67. The first-order chi connectivity index (χ1) is 12.3. The van der Waals surface area contributed by atoms with Gasteiger partial charge in [-0.15, -0.1) is 0 Å². The van der Waals surface area contributed by atoms with Gasteiger partial charge in [0.05, 0.1) is 13.7 Å². The Labute approximate surface area is 148 Å². The number of hydrogen-bond donors (Lipinski definition) is 0. The van der Waals surface area contributed by atoms with Gasteiger partial charge in [0.15, 0.2) is 0 Å². The molecule has 0 saturated carbocycles. The van der Waals surface area contributed by atoms with Gasteiger partial charge >= 0.3 is 6.01 Å². The van der Waals surface area contributed by atoms with E-state index in [1.807, 2.05) is 24.3 Å². The molecule has 6 heteroatoms. The van der Waals surface area contributed by atoms with Crippen molar-refractivity contribution in [2.24, 2.45) is 0 Å². The molecule has 1 aromatic carbocycles. The lowest BCUT2D eigenvalue weighted by Crippen LogP contribution is -2.39. The van der Waals surface area contributed by atoms with Crippen molar-refractivity contribution in [3.63, 3.8) is 0 Å². The van der Waals surface area contributed by atoms with Crippen LogP contribution >= 0.6 is 0 Å². The van der Waals surface area contributed by atoms with E-state index in [9.17, 15) is 0 Å². The molecule has 3 rings (SSSR count). The molecule has 2 heterocycles. The normalized spacial score (nSPS) is 15.7. The van der Waals surface area contributed by atoms with Gasteiger partial charge in [0.25, 0.3) is 0 Å². The number of aromatic nitrogens is 2. The van der Waals surface area contributed by atoms with Gasteiger partial charge in [-0.3, -0.25) is 0 Å². The molecule has 1 aliphatic heterocycles. The molecule has 25 heavy (non-hydrogen) atoms. The molecule has 1 saturated heterocycles. The van der Waals surface area contributed by atoms with Crippen molar-refractivity contribution in [3.8, 4) is 17.5 Å². The van der Waals surface area contributed by atoms with E-state index in [2.05, 4.69) is 14.9 Å². The number of hydrogen-bond acceptors (Lipinski definition) is 6. The van der Waals surface area contributed by atoms with Gasteiger partial charge in [-0.1, -0.05) is 0 Å². The Morgan fingerprint density at radius 1 is 1.04 bits per heavy atom. The average Bonchev–Trinajstić information content (AvgIpc) is 2.68. The molecular formula is C19H25N3O3. The van der Waals surface area contributed by atoms with Gasteiger partial charge in [0, 0.05) is 32.0 Å². The Balaban J connectivity index is 1.30. The van der Waals surface area contributed by atoms with Gasteiger partial charge in [-0.05, 0) is 49.6 Å². The molecular weight excluding hydrogens is 318 g/mol. The topological polar surface area (TPSA) is 56.7 Å². The predicted octanol–water partition coefficient (Wildman–Crippen LogP) is 2.80. The highest BCUT2D eigenvalue weighted by Crippen LogP contribution is 2.18. The summed E-state index contributed by atoms with van der Waals surface area (Å²) in [5.74, 6) is 1.73. The van der Waals surface area contributed by atoms with Crippen LogP contribution in [0.2, 0.25) is 0 Å². The quantitative estimate of drug-likeness (QED) is 0.687. The molecule has 0 bridgehead atoms. The molecule has 1 aromatic heterocycles. The lowest BCUT2D eigenvalue weighted by atomic mass is 10.1. The number of ether oxygens (including phenoxy) is 3. The lowest BCUT2D eigenvalue weighted by Gasteiger charge is -2.31. The zero-order chi connectivity index (χ0) is 17.3. The molecule has 1 fully saturated rings. The van der Waals surface area contributed by atoms with Crippen LogP contribution in [0, 0.1) is 0 Å². The van der Waals surface area contributed by atoms with E-state index in [-0.39, 0.29) is 6.10 Å². The maximum atomic E-state index is 5.82. The van der Waals surface area contributed by atoms with Crippen LogP contribution in [-0.4, -0.2) is 54.3 Å². The third-order valence-corrected chi connectivity index (χ3v) is 4.30. The molecule has 0 atom stereocenters. The van der Waals surface area contributed by atoms with Crippen LogP contribution in [0.1, 0.15) is 19.3 Å². The summed E-state index contributed by atoms with van der Waals surface area (Å²) in [7, 11) is 1.66. The van der Waals surface area contributed by atoms with Gasteiger partial charge in [-0.25, -0.2) is 9.97 Å². The maximum absolute atomic E-state index is 5.82. The van der Waals surface area contributed by atoms with Crippen LogP contribution < -0.4 is 14.2 Å². The number of likely N-dealkylation sites (tertiary alicyclic amines) is 1. The fourth-order valence-electron chi connectivity index (χ4n) is 2.90. The highest BCUT2D eigenvalue weighted by atomic mass is 16.5. The van der Waals surface area contributed by atoms with Crippen LogP contribution in [0.4, 0.5) is 0 Å². The van der Waals surface area contributed by atoms with E-state index in [1.54, 1.807) is 25.6 Å². The third kappa shape index (κ3) is 5.60. The summed E-state index contributed by atoms with van der Waals surface area (Å²) in [5, 5.41) is 0. The number of piperidine rings is 1. The smallest absolute Gasteiger partial charge is 0.316 e. The average molecular weight is 343 g/mol. The van der Waals surface area contributed by atoms with Crippen LogP contribution in [0.15, 0.2) is 42.7 Å². The second kappa shape index (κ2) is 9.22. The molecule has 0 N–H and O–H groups in total. The number of rotatable bonds is 8. The Kier molecular flexibility index (Phi) is 6.45. The molecule has 0 spiro atoms. The Hall–Kier alpha value is -2.34. The SMILES string of the molecule is COc1ccc(OCCCN2CCC(Oc3ncccn3)CC2)cc1. The Morgan fingerprint density at radius 2 is 1.72 bits per heavy atom. The molecule has 2 aromatic rings. The summed E-state index contributed by atoms with van der Waals surface area (Å²) >= 11 is 0. The monoisotopic (exact) mass is 343 g/mol. The minimum atomic E-state index is 0.217. The van der Waals surface area contributed by atoms with Crippen LogP contribution in [0.3, 0.4) is 0 Å². The van der Waals surface area contributed by atoms with Crippen LogP contribution in [0.5, 0.6) is 17.5 Å². The van der Waals surface area contributed by atoms with Crippen molar-refractivity contribution in [1.82, 2.24) is 14.9 Å². The van der Waals surface area contributed by atoms with Crippen LogP contribution in [-0.2, 0) is 0 Å². The van der Waals surface area contributed by atoms with E-state index in [0.29, 0.717) is 6.01 Å². The fraction of sp³-hybridized carbons (Fsp3) is 0.474. The van der Waals surface area contributed by atoms with Gasteiger partial charge in [-0.2, -0.15) is 0 Å². The first-order valence-corrected chi connectivity index (χ1v) is 8.76. The van der Waals surface area contributed by atoms with Gasteiger partial charge < -0.3 is 19.1 Å². The summed E-state index contributed by atoms with van der Waals surface area (Å²) in [4.78, 5) is 10.7. The van der Waals surface area contributed by atoms with Gasteiger partial charge in [0.2, 0.25) is 0 Å². The number of benzene rings is 1. The third-order valence-electron chi connectivity index (χ3n) is 4.30. The molecule has 134 valence electrons. The van der Waals surface area contributed by atoms with E-state index in [1.165, 1.54) is 0 Å². The Morgan fingerprint density at radius 3 is 2.40 bits per heavy atom. The summed E-state index contributed by atoms with van der Waals surface area (Å²) in [6, 6.07) is 9.98. The van der Waals surface area contributed by atoms with E-state index < -0.39 is 0 Å². The maximum Gasteiger partial charge on any atom is 0.316 e. The van der Waals surface area contributed by atoms with E-state index >= 15 is 0 Å². The molecule has 0 aliphatic carbocycles. The predicted molar refractivity (Wildman–Crippen MR) is 95.2 cm³/mol. The van der Waals surface area contributed by atoms with Crippen molar-refractivity contribution in [1.29, 1.82) is 0 Å². The van der Waals surface area contributed by atoms with Crippen molar-refractivity contribution in [3.05, 3.63) is 42.7 Å². The minimum absolute atomic E-state index is 0.217. The zero-order valence-electron chi connectivity index (χ0n) is 14.6. The van der Waals surface area contributed by atoms with Crippen molar-refractivity contribution in [2.45, 2.75) is 25.4 Å². The van der Waals surface area contributed by atoms with E-state index in [4.69, 9.17) is 14.2 Å². The molecule has 1 aliphatic rings. The van der Waals surface area contributed by atoms with Crippen LogP contribution in [0.25, 0.3) is 0 Å². The highest BCUT2D eigenvalue weighted by molar-refractivity contribution is 5.31. The lowest BCUT2D eigenvalue weighted by molar-refractivity contribution is 0.0898. The van der Waals surface area contributed by atoms with Crippen molar-refractivity contribution < 1.29 is 14.2 Å². The summed E-state index contributed by atoms with van der Waals surface area (Å²) < 4.78 is 16.7. The minimum Gasteiger partial charge on any atom is -0.497 e. The summed E-state index contributed by atoms with van der Waals surface area (Å²) in [5.41, 5.74) is 0. The summed E-state index contributed by atoms with van der Waals surface area (Å²) in [6.45, 7) is 3.85. The first-order valence-electron chi connectivity index (χ1n) is 8.76. The van der Waals surface area contributed by atoms with Crippen molar-refractivity contribution in [2.75, 3.05) is 33.4 Å². The van der Waals surface area contributed by atoms with Crippen molar-refractivity contribution >= 4 is 0 Å². The highest BCUT2D eigenvalue weighted by Gasteiger charge is 2.20. The molecule has 0 unspecified atom stereocenters. The zero-order valence-corrected chi connectivity index (χ0v) is 14.6. The van der Waals surface area contributed by atoms with Gasteiger partial charge in [0.1, 0.15) is 17.6 Å².